The average Bonchev–Trinajstić information content (AvgIpc) is 2.20. The second kappa shape index (κ2) is 5.34. The van der Waals surface area contributed by atoms with Gasteiger partial charge >= 0.3 is 0 Å². The molecule has 1 radical (unpaired) electrons. The predicted molar refractivity (Wildman–Crippen MR) is 68.3 cm³/mol. The lowest BCUT2D eigenvalue weighted by molar-refractivity contribution is 0.788. The van der Waals surface area contributed by atoms with Crippen LogP contribution in [0.1, 0.15) is 54.0 Å². The molecule has 0 fully saturated rings. The Hall–Kier alpha value is -0.780. The minimum absolute atomic E-state index is 1.21. The van der Waals surface area contributed by atoms with Gasteiger partial charge in [0, 0.05) is 0 Å². The minimum atomic E-state index is 1.21. The maximum atomic E-state index is 2.41. The van der Waals surface area contributed by atoms with Crippen LogP contribution in [0.2, 0.25) is 0 Å². The van der Waals surface area contributed by atoms with E-state index >= 15 is 0 Å². The van der Waals surface area contributed by atoms with Gasteiger partial charge in [-0.15, -0.1) is 0 Å². The number of benzene rings is 1. The normalized spacial score (nSPS) is 10.7. The number of aryl methyl sites for hydroxylation is 2. The first-order valence-corrected chi connectivity index (χ1v) is 5.98. The van der Waals surface area contributed by atoms with Gasteiger partial charge in [-0.25, -0.2) is 0 Å². The van der Waals surface area contributed by atoms with Crippen LogP contribution in [0.4, 0.5) is 0 Å². The molecule has 1 aromatic rings. The lowest BCUT2D eigenvalue weighted by atomic mass is 9.91. The Morgan fingerprint density at radius 1 is 1.00 bits per heavy atom. The van der Waals surface area contributed by atoms with E-state index in [4.69, 9.17) is 0 Å². The summed E-state index contributed by atoms with van der Waals surface area (Å²) in [7, 11) is 0. The van der Waals surface area contributed by atoms with E-state index in [-0.39, 0.29) is 0 Å². The monoisotopic (exact) mass is 203 g/mol. The number of hydrogen-bond acceptors (Lipinski definition) is 0. The molecule has 83 valence electrons. The highest BCUT2D eigenvalue weighted by Gasteiger charge is 2.07. The summed E-state index contributed by atoms with van der Waals surface area (Å²) in [6.45, 7) is 11.1. The standard InChI is InChI=1S/C15H23/c1-6-7-8-9-15-13(4)11(2)10-12(3)14(15)5/h9-10H,6-8H2,1-5H3. The van der Waals surface area contributed by atoms with Crippen molar-refractivity contribution in [3.05, 3.63) is 40.3 Å². The molecule has 0 nitrogen and oxygen atoms in total. The molecule has 0 unspecified atom stereocenters. The van der Waals surface area contributed by atoms with Gasteiger partial charge in [0.2, 0.25) is 0 Å². The molecule has 0 bridgehead atoms. The molecular weight excluding hydrogens is 180 g/mol. The van der Waals surface area contributed by atoms with Crippen molar-refractivity contribution in [3.63, 3.8) is 0 Å². The maximum absolute atomic E-state index is 2.41. The van der Waals surface area contributed by atoms with Gasteiger partial charge in [0.05, 0.1) is 0 Å². The van der Waals surface area contributed by atoms with Crippen molar-refractivity contribution < 1.29 is 0 Å². The molecule has 0 heteroatoms. The lowest BCUT2D eigenvalue weighted by Gasteiger charge is -2.14. The van der Waals surface area contributed by atoms with Gasteiger partial charge in [-0.1, -0.05) is 25.8 Å². The molecular formula is C15H23. The van der Waals surface area contributed by atoms with Crippen LogP contribution in [0, 0.1) is 34.1 Å². The minimum Gasteiger partial charge on any atom is -0.0654 e. The van der Waals surface area contributed by atoms with Crippen molar-refractivity contribution >= 4 is 0 Å². The van der Waals surface area contributed by atoms with E-state index in [1.54, 1.807) is 0 Å². The van der Waals surface area contributed by atoms with Crippen LogP contribution in [0.15, 0.2) is 6.07 Å². The third-order valence-corrected chi connectivity index (χ3v) is 3.33. The summed E-state index contributed by atoms with van der Waals surface area (Å²) in [5.74, 6) is 0. The predicted octanol–water partition coefficient (Wildman–Crippen LogP) is 4.66. The molecule has 15 heavy (non-hydrogen) atoms. The fourth-order valence-corrected chi connectivity index (χ4v) is 2.00. The quantitative estimate of drug-likeness (QED) is 0.624. The van der Waals surface area contributed by atoms with Crippen molar-refractivity contribution in [2.24, 2.45) is 0 Å². The topological polar surface area (TPSA) is 0 Å². The van der Waals surface area contributed by atoms with Crippen LogP contribution in [0.3, 0.4) is 0 Å². The highest BCUT2D eigenvalue weighted by molar-refractivity contribution is 5.47. The van der Waals surface area contributed by atoms with Gasteiger partial charge in [0.25, 0.3) is 0 Å². The van der Waals surface area contributed by atoms with E-state index in [0.717, 1.165) is 0 Å². The van der Waals surface area contributed by atoms with Crippen LogP contribution < -0.4 is 0 Å². The smallest absolute Gasteiger partial charge is 0.00874 e. The van der Waals surface area contributed by atoms with Gasteiger partial charge < -0.3 is 0 Å². The van der Waals surface area contributed by atoms with Gasteiger partial charge in [-0.2, -0.15) is 0 Å². The zero-order valence-electron chi connectivity index (χ0n) is 10.8. The van der Waals surface area contributed by atoms with E-state index in [9.17, 15) is 0 Å². The summed E-state index contributed by atoms with van der Waals surface area (Å²) in [6.07, 6.45) is 6.19. The van der Waals surface area contributed by atoms with Crippen LogP contribution in [-0.4, -0.2) is 0 Å². The third-order valence-electron chi connectivity index (χ3n) is 3.33. The summed E-state index contributed by atoms with van der Waals surface area (Å²) in [6, 6.07) is 2.29. The average molecular weight is 203 g/mol. The summed E-state index contributed by atoms with van der Waals surface area (Å²) in [4.78, 5) is 0. The molecule has 0 aliphatic heterocycles. The van der Waals surface area contributed by atoms with Crippen molar-refractivity contribution in [1.29, 1.82) is 0 Å². The van der Waals surface area contributed by atoms with E-state index in [0.29, 0.717) is 0 Å². The Balaban J connectivity index is 2.94. The second-order valence-corrected chi connectivity index (χ2v) is 4.52. The van der Waals surface area contributed by atoms with E-state index in [2.05, 4.69) is 47.1 Å². The third kappa shape index (κ3) is 2.84. The summed E-state index contributed by atoms with van der Waals surface area (Å²) < 4.78 is 0. The first-order chi connectivity index (χ1) is 7.07. The van der Waals surface area contributed by atoms with Crippen molar-refractivity contribution in [2.75, 3.05) is 0 Å². The highest BCUT2D eigenvalue weighted by Crippen LogP contribution is 2.24. The fourth-order valence-electron chi connectivity index (χ4n) is 2.00. The number of unbranched alkanes of at least 4 members (excludes halogenated alkanes) is 2. The number of rotatable bonds is 4. The molecule has 0 atom stereocenters. The van der Waals surface area contributed by atoms with E-state index in [1.807, 2.05) is 0 Å². The molecule has 0 aliphatic rings. The molecule has 1 aromatic carbocycles. The molecule has 0 amide bonds. The SMILES string of the molecule is CCCC[CH]c1c(C)c(C)cc(C)c1C. The van der Waals surface area contributed by atoms with E-state index < -0.39 is 0 Å². The molecule has 0 aromatic heterocycles. The van der Waals surface area contributed by atoms with Crippen LogP contribution >= 0.6 is 0 Å². The van der Waals surface area contributed by atoms with Crippen molar-refractivity contribution in [1.82, 2.24) is 0 Å². The van der Waals surface area contributed by atoms with Crippen LogP contribution in [0.5, 0.6) is 0 Å². The lowest BCUT2D eigenvalue weighted by Crippen LogP contribution is -1.98. The summed E-state index contributed by atoms with van der Waals surface area (Å²) >= 11 is 0. The number of hydrogen-bond donors (Lipinski definition) is 0. The van der Waals surface area contributed by atoms with Crippen molar-refractivity contribution in [2.45, 2.75) is 53.9 Å². The zero-order chi connectivity index (χ0) is 11.4. The van der Waals surface area contributed by atoms with Crippen LogP contribution in [0.25, 0.3) is 0 Å². The largest absolute Gasteiger partial charge is 0.0654 e. The molecule has 0 aliphatic carbocycles. The molecule has 0 spiro atoms. The van der Waals surface area contributed by atoms with Gasteiger partial charge in [-0.3, -0.25) is 0 Å². The Morgan fingerprint density at radius 2 is 1.53 bits per heavy atom. The zero-order valence-corrected chi connectivity index (χ0v) is 10.8. The summed E-state index contributed by atoms with van der Waals surface area (Å²) in [5.41, 5.74) is 7.21. The van der Waals surface area contributed by atoms with Gasteiger partial charge in [-0.05, 0) is 68.4 Å². The Kier molecular flexibility index (Phi) is 4.38. The van der Waals surface area contributed by atoms with E-state index in [1.165, 1.54) is 47.1 Å². The van der Waals surface area contributed by atoms with Gasteiger partial charge in [0.1, 0.15) is 0 Å². The fraction of sp³-hybridized carbons (Fsp3) is 0.533. The molecule has 0 saturated heterocycles. The molecule has 0 N–H and O–H groups in total. The second-order valence-electron chi connectivity index (χ2n) is 4.52. The van der Waals surface area contributed by atoms with Gasteiger partial charge in [0.15, 0.2) is 0 Å². The summed E-state index contributed by atoms with van der Waals surface area (Å²) in [5, 5.41) is 0. The molecule has 0 saturated carbocycles. The Labute approximate surface area is 94.7 Å². The Morgan fingerprint density at radius 3 is 2.00 bits per heavy atom. The van der Waals surface area contributed by atoms with Crippen molar-refractivity contribution in [3.8, 4) is 0 Å². The maximum Gasteiger partial charge on any atom is -0.00874 e. The molecule has 1 rings (SSSR count). The highest BCUT2D eigenvalue weighted by atomic mass is 14.1. The first-order valence-electron chi connectivity index (χ1n) is 5.98. The first kappa shape index (κ1) is 12.3. The van der Waals surface area contributed by atoms with Crippen LogP contribution in [-0.2, 0) is 0 Å². The Bertz CT molecular complexity index is 308. The molecule has 0 heterocycles.